The summed E-state index contributed by atoms with van der Waals surface area (Å²) in [4.78, 5) is 0. The zero-order chi connectivity index (χ0) is 9.60. The summed E-state index contributed by atoms with van der Waals surface area (Å²) in [6.07, 6.45) is 3.94. The van der Waals surface area contributed by atoms with E-state index in [1.807, 2.05) is 12.1 Å². The molecule has 14 heavy (non-hydrogen) atoms. The van der Waals surface area contributed by atoms with Crippen LogP contribution in [0.5, 0.6) is 0 Å². The van der Waals surface area contributed by atoms with Gasteiger partial charge in [-0.25, -0.2) is 0 Å². The summed E-state index contributed by atoms with van der Waals surface area (Å²) >= 11 is 0. The average molecular weight is 187 g/mol. The molecule has 2 heteroatoms. The molecule has 0 atom stereocenters. The minimum absolute atomic E-state index is 0.415. The Kier molecular flexibility index (Phi) is 1.50. The number of aromatic nitrogens is 1. The molecule has 0 aliphatic heterocycles. The van der Waals surface area contributed by atoms with Gasteiger partial charge in [0.25, 0.3) is 0 Å². The van der Waals surface area contributed by atoms with Crippen molar-refractivity contribution in [1.29, 1.82) is 0 Å². The Bertz CT molecular complexity index is 468. The first kappa shape index (κ1) is 8.06. The minimum atomic E-state index is -0.415. The maximum Gasteiger partial charge on any atom is 0.0828 e. The lowest BCUT2D eigenvalue weighted by Gasteiger charge is -2.09. The van der Waals surface area contributed by atoms with E-state index in [1.54, 1.807) is 0 Å². The number of aliphatic hydroxyl groups is 1. The van der Waals surface area contributed by atoms with Gasteiger partial charge in [0.2, 0.25) is 0 Å². The van der Waals surface area contributed by atoms with Crippen LogP contribution in [0.2, 0.25) is 0 Å². The lowest BCUT2D eigenvalue weighted by molar-refractivity contribution is 0.131. The van der Waals surface area contributed by atoms with Crippen LogP contribution in [0.3, 0.4) is 0 Å². The zero-order valence-corrected chi connectivity index (χ0v) is 7.98. The number of rotatable bonds is 2. The first-order valence-electron chi connectivity index (χ1n) is 5.03. The Morgan fingerprint density at radius 1 is 1.21 bits per heavy atom. The quantitative estimate of drug-likeness (QED) is 0.765. The van der Waals surface area contributed by atoms with Crippen molar-refractivity contribution in [1.82, 2.24) is 4.57 Å². The van der Waals surface area contributed by atoms with Crippen LogP contribution < -0.4 is 0 Å². The normalized spacial score (nSPS) is 18.6. The molecule has 1 fully saturated rings. The highest BCUT2D eigenvalue weighted by atomic mass is 16.3. The van der Waals surface area contributed by atoms with Crippen LogP contribution >= 0.6 is 0 Å². The highest BCUT2D eigenvalue weighted by Crippen LogP contribution is 2.37. The highest BCUT2D eigenvalue weighted by molar-refractivity contribution is 5.79. The van der Waals surface area contributed by atoms with Crippen LogP contribution in [0.1, 0.15) is 12.8 Å². The van der Waals surface area contributed by atoms with Crippen molar-refractivity contribution in [2.75, 3.05) is 0 Å². The summed E-state index contributed by atoms with van der Waals surface area (Å²) in [5, 5.41) is 11.1. The Morgan fingerprint density at radius 2 is 2.00 bits per heavy atom. The standard InChI is InChI=1S/C12H13NO/c14-12(6-7-12)9-13-8-5-10-3-1-2-4-11(10)13/h1-5,8,14H,6-7,9H2. The molecule has 3 rings (SSSR count). The van der Waals surface area contributed by atoms with E-state index in [0.717, 1.165) is 19.4 Å². The molecule has 1 saturated carbocycles. The summed E-state index contributed by atoms with van der Waals surface area (Å²) in [7, 11) is 0. The predicted molar refractivity (Wildman–Crippen MR) is 56.1 cm³/mol. The van der Waals surface area contributed by atoms with Gasteiger partial charge in [-0.3, -0.25) is 0 Å². The van der Waals surface area contributed by atoms with Crippen molar-refractivity contribution in [2.24, 2.45) is 0 Å². The molecule has 1 aliphatic rings. The predicted octanol–water partition coefficient (Wildman–Crippen LogP) is 2.17. The van der Waals surface area contributed by atoms with Gasteiger partial charge < -0.3 is 9.67 Å². The number of benzene rings is 1. The lowest BCUT2D eigenvalue weighted by Crippen LogP contribution is -2.15. The van der Waals surface area contributed by atoms with Crippen LogP contribution in [0.25, 0.3) is 10.9 Å². The van der Waals surface area contributed by atoms with E-state index in [0.29, 0.717) is 0 Å². The molecule has 1 N–H and O–H groups in total. The van der Waals surface area contributed by atoms with Crippen LogP contribution in [0.4, 0.5) is 0 Å². The van der Waals surface area contributed by atoms with Gasteiger partial charge in [-0.15, -0.1) is 0 Å². The maximum absolute atomic E-state index is 9.84. The summed E-state index contributed by atoms with van der Waals surface area (Å²) in [5.74, 6) is 0. The zero-order valence-electron chi connectivity index (χ0n) is 7.98. The Hall–Kier alpha value is -1.28. The van der Waals surface area contributed by atoms with Gasteiger partial charge in [0.15, 0.2) is 0 Å². The fourth-order valence-corrected chi connectivity index (χ4v) is 1.90. The van der Waals surface area contributed by atoms with E-state index in [-0.39, 0.29) is 0 Å². The van der Waals surface area contributed by atoms with Crippen LogP contribution in [0, 0.1) is 0 Å². The third-order valence-corrected chi connectivity index (χ3v) is 2.97. The summed E-state index contributed by atoms with van der Waals surface area (Å²) in [5.41, 5.74) is 0.801. The number of hydrogen-bond donors (Lipinski definition) is 1. The molecular weight excluding hydrogens is 174 g/mol. The minimum Gasteiger partial charge on any atom is -0.388 e. The third-order valence-electron chi connectivity index (χ3n) is 2.97. The molecule has 1 heterocycles. The van der Waals surface area contributed by atoms with Crippen molar-refractivity contribution >= 4 is 10.9 Å². The molecule has 72 valence electrons. The molecule has 2 aromatic rings. The summed E-state index contributed by atoms with van der Waals surface area (Å²) in [6, 6.07) is 10.4. The molecule has 0 spiro atoms. The fraction of sp³-hybridized carbons (Fsp3) is 0.333. The van der Waals surface area contributed by atoms with Crippen molar-refractivity contribution in [3.8, 4) is 0 Å². The van der Waals surface area contributed by atoms with Crippen molar-refractivity contribution in [3.63, 3.8) is 0 Å². The monoisotopic (exact) mass is 187 g/mol. The summed E-state index contributed by atoms with van der Waals surface area (Å²) < 4.78 is 2.14. The first-order chi connectivity index (χ1) is 6.77. The molecule has 2 nitrogen and oxygen atoms in total. The van der Waals surface area contributed by atoms with Gasteiger partial charge in [0.05, 0.1) is 12.1 Å². The molecule has 1 aliphatic carbocycles. The van der Waals surface area contributed by atoms with Crippen molar-refractivity contribution < 1.29 is 5.11 Å². The number of fused-ring (bicyclic) bond motifs is 1. The first-order valence-corrected chi connectivity index (χ1v) is 5.03. The van der Waals surface area contributed by atoms with Gasteiger partial charge in [0, 0.05) is 11.7 Å². The topological polar surface area (TPSA) is 25.2 Å². The molecule has 0 unspecified atom stereocenters. The van der Waals surface area contributed by atoms with Gasteiger partial charge in [0.1, 0.15) is 0 Å². The molecule has 0 bridgehead atoms. The van der Waals surface area contributed by atoms with Crippen LogP contribution in [-0.2, 0) is 6.54 Å². The van der Waals surface area contributed by atoms with Crippen molar-refractivity contribution in [2.45, 2.75) is 25.0 Å². The largest absolute Gasteiger partial charge is 0.388 e. The number of hydrogen-bond acceptors (Lipinski definition) is 1. The van der Waals surface area contributed by atoms with Crippen LogP contribution in [-0.4, -0.2) is 15.3 Å². The smallest absolute Gasteiger partial charge is 0.0828 e. The Balaban J connectivity index is 2.04. The van der Waals surface area contributed by atoms with E-state index >= 15 is 0 Å². The SMILES string of the molecule is OC1(Cn2ccc3ccccc32)CC1. The highest BCUT2D eigenvalue weighted by Gasteiger charge is 2.40. The Labute approximate surface area is 82.8 Å². The average Bonchev–Trinajstić information content (AvgIpc) is 2.77. The van der Waals surface area contributed by atoms with E-state index in [2.05, 4.69) is 29.0 Å². The number of para-hydroxylation sites is 1. The second kappa shape index (κ2) is 2.61. The molecular formula is C12H13NO. The third kappa shape index (κ3) is 1.23. The van der Waals surface area contributed by atoms with Gasteiger partial charge >= 0.3 is 0 Å². The molecule has 1 aromatic carbocycles. The number of nitrogens with zero attached hydrogens (tertiary/aromatic N) is 1. The fourth-order valence-electron chi connectivity index (χ4n) is 1.90. The maximum atomic E-state index is 9.84. The van der Waals surface area contributed by atoms with Gasteiger partial charge in [-0.1, -0.05) is 18.2 Å². The second-order valence-electron chi connectivity index (χ2n) is 4.23. The van der Waals surface area contributed by atoms with Crippen molar-refractivity contribution in [3.05, 3.63) is 36.5 Å². The molecule has 0 radical (unpaired) electrons. The summed E-state index contributed by atoms with van der Waals surface area (Å²) in [6.45, 7) is 0.737. The van der Waals surface area contributed by atoms with Gasteiger partial charge in [-0.05, 0) is 30.4 Å². The van der Waals surface area contributed by atoms with E-state index in [9.17, 15) is 5.11 Å². The molecule has 1 aromatic heterocycles. The van der Waals surface area contributed by atoms with E-state index in [1.165, 1.54) is 10.9 Å². The van der Waals surface area contributed by atoms with Crippen LogP contribution in [0.15, 0.2) is 36.5 Å². The lowest BCUT2D eigenvalue weighted by atomic mass is 10.2. The second-order valence-corrected chi connectivity index (χ2v) is 4.23. The molecule has 0 amide bonds. The van der Waals surface area contributed by atoms with E-state index < -0.39 is 5.60 Å². The Morgan fingerprint density at radius 3 is 2.79 bits per heavy atom. The van der Waals surface area contributed by atoms with E-state index in [4.69, 9.17) is 0 Å². The molecule has 0 saturated heterocycles. The van der Waals surface area contributed by atoms with Gasteiger partial charge in [-0.2, -0.15) is 0 Å².